The molecule has 0 spiro atoms. The van der Waals surface area contributed by atoms with Crippen LogP contribution in [0.25, 0.3) is 0 Å². The average molecular weight is 239 g/mol. The van der Waals surface area contributed by atoms with Gasteiger partial charge >= 0.3 is 0 Å². The van der Waals surface area contributed by atoms with Gasteiger partial charge in [0.25, 0.3) is 0 Å². The Kier molecular flexibility index (Phi) is 7.10. The Morgan fingerprint density at radius 2 is 2.12 bits per heavy atom. The molecule has 0 bridgehead atoms. The molecule has 1 aromatic carbocycles. The number of hydrogen-bond donors (Lipinski definition) is 1. The first-order valence-electron chi connectivity index (χ1n) is 5.87. The first-order valence-corrected chi connectivity index (χ1v) is 7.02. The maximum Gasteiger partial charge on any atom is 0.122 e. The van der Waals surface area contributed by atoms with E-state index < -0.39 is 0 Å². The van der Waals surface area contributed by atoms with Crippen molar-refractivity contribution >= 4 is 11.8 Å². The monoisotopic (exact) mass is 239 g/mol. The van der Waals surface area contributed by atoms with Crippen molar-refractivity contribution in [2.24, 2.45) is 5.73 Å². The van der Waals surface area contributed by atoms with E-state index in [1.807, 2.05) is 30.0 Å². The second-order valence-corrected chi connectivity index (χ2v) is 4.94. The molecule has 0 saturated carbocycles. The minimum Gasteiger partial charge on any atom is -0.493 e. The minimum absolute atomic E-state index is 0.673. The quantitative estimate of drug-likeness (QED) is 0.708. The van der Waals surface area contributed by atoms with E-state index in [1.54, 1.807) is 0 Å². The second-order valence-electron chi connectivity index (χ2n) is 3.55. The normalized spacial score (nSPS) is 10.4. The summed E-state index contributed by atoms with van der Waals surface area (Å²) < 4.78 is 5.77. The van der Waals surface area contributed by atoms with Gasteiger partial charge in [-0.25, -0.2) is 0 Å². The number of hydrogen-bond acceptors (Lipinski definition) is 3. The summed E-state index contributed by atoms with van der Waals surface area (Å²) in [5.41, 5.74) is 6.78. The van der Waals surface area contributed by atoms with Crippen LogP contribution in [0.1, 0.15) is 18.9 Å². The van der Waals surface area contributed by atoms with E-state index >= 15 is 0 Å². The number of nitrogens with two attached hydrogens (primary N) is 1. The van der Waals surface area contributed by atoms with Crippen molar-refractivity contribution in [3.63, 3.8) is 0 Å². The van der Waals surface area contributed by atoms with E-state index in [0.29, 0.717) is 6.54 Å². The molecule has 0 fully saturated rings. The fourth-order valence-corrected chi connectivity index (χ4v) is 2.10. The van der Waals surface area contributed by atoms with Crippen LogP contribution in [0.15, 0.2) is 24.3 Å². The van der Waals surface area contributed by atoms with E-state index in [9.17, 15) is 0 Å². The average Bonchev–Trinajstić information content (AvgIpc) is 2.31. The first kappa shape index (κ1) is 13.4. The van der Waals surface area contributed by atoms with E-state index in [1.165, 1.54) is 17.1 Å². The summed E-state index contributed by atoms with van der Waals surface area (Å²) in [6.07, 6.45) is 2.00. The van der Waals surface area contributed by atoms with Gasteiger partial charge in [-0.15, -0.1) is 0 Å². The van der Waals surface area contributed by atoms with Crippen molar-refractivity contribution < 1.29 is 4.74 Å². The highest BCUT2D eigenvalue weighted by atomic mass is 32.2. The van der Waals surface area contributed by atoms with Gasteiger partial charge in [-0.1, -0.05) is 25.1 Å². The van der Waals surface area contributed by atoms with Crippen LogP contribution in [-0.2, 0) is 6.42 Å². The lowest BCUT2D eigenvalue weighted by atomic mass is 10.1. The summed E-state index contributed by atoms with van der Waals surface area (Å²) in [6, 6.07) is 8.15. The molecule has 0 atom stereocenters. The van der Waals surface area contributed by atoms with Crippen LogP contribution in [-0.4, -0.2) is 24.7 Å². The van der Waals surface area contributed by atoms with Gasteiger partial charge in [-0.3, -0.25) is 0 Å². The molecule has 0 heterocycles. The predicted octanol–water partition coefficient (Wildman–Crippen LogP) is 2.71. The number of benzene rings is 1. The summed E-state index contributed by atoms with van der Waals surface area (Å²) >= 11 is 1.96. The summed E-state index contributed by atoms with van der Waals surface area (Å²) in [5, 5.41) is 0. The molecule has 90 valence electrons. The molecule has 2 N–H and O–H groups in total. The Bertz CT molecular complexity index is 291. The smallest absolute Gasteiger partial charge is 0.122 e. The minimum atomic E-state index is 0.673. The zero-order chi connectivity index (χ0) is 11.6. The summed E-state index contributed by atoms with van der Waals surface area (Å²) in [4.78, 5) is 0. The highest BCUT2D eigenvalue weighted by Gasteiger charge is 2.01. The van der Waals surface area contributed by atoms with Gasteiger partial charge in [0.15, 0.2) is 0 Å². The maximum atomic E-state index is 5.77. The molecule has 0 radical (unpaired) electrons. The van der Waals surface area contributed by atoms with Gasteiger partial charge < -0.3 is 10.5 Å². The Balaban J connectivity index is 2.34. The third-order valence-electron chi connectivity index (χ3n) is 2.28. The number of para-hydroxylation sites is 1. The first-order chi connectivity index (χ1) is 7.88. The standard InChI is InChI=1S/C13H21NOS/c1-2-16-11-5-10-15-13-7-4-3-6-12(13)8-9-14/h3-4,6-7H,2,5,8-11,14H2,1H3. The van der Waals surface area contributed by atoms with Gasteiger partial charge in [-0.05, 0) is 42.5 Å². The molecule has 0 aromatic heterocycles. The van der Waals surface area contributed by atoms with Crippen LogP contribution in [0.2, 0.25) is 0 Å². The lowest BCUT2D eigenvalue weighted by Crippen LogP contribution is -2.06. The summed E-state index contributed by atoms with van der Waals surface area (Å²) in [5.74, 6) is 3.36. The number of thioether (sulfide) groups is 1. The molecule has 1 rings (SSSR count). The van der Waals surface area contributed by atoms with Crippen LogP contribution in [0.5, 0.6) is 5.75 Å². The van der Waals surface area contributed by atoms with Crippen molar-refractivity contribution in [3.8, 4) is 5.75 Å². The van der Waals surface area contributed by atoms with E-state index in [4.69, 9.17) is 10.5 Å². The molecule has 0 unspecified atom stereocenters. The third-order valence-corrected chi connectivity index (χ3v) is 3.27. The molecule has 1 aromatic rings. The Hall–Kier alpha value is -0.670. The van der Waals surface area contributed by atoms with Gasteiger partial charge in [0.05, 0.1) is 6.61 Å². The van der Waals surface area contributed by atoms with Crippen molar-refractivity contribution in [2.75, 3.05) is 24.7 Å². The molecule has 0 saturated heterocycles. The molecule has 3 heteroatoms. The van der Waals surface area contributed by atoms with E-state index in [-0.39, 0.29) is 0 Å². The number of ether oxygens (including phenoxy) is 1. The Labute approximate surface area is 103 Å². The molecule has 16 heavy (non-hydrogen) atoms. The zero-order valence-electron chi connectivity index (χ0n) is 9.95. The fraction of sp³-hybridized carbons (Fsp3) is 0.538. The lowest BCUT2D eigenvalue weighted by molar-refractivity contribution is 0.315. The van der Waals surface area contributed by atoms with Gasteiger partial charge in [0.1, 0.15) is 5.75 Å². The van der Waals surface area contributed by atoms with Crippen molar-refractivity contribution in [1.82, 2.24) is 0 Å². The van der Waals surface area contributed by atoms with E-state index in [0.717, 1.165) is 25.2 Å². The Morgan fingerprint density at radius 3 is 2.88 bits per heavy atom. The molecule has 0 aliphatic heterocycles. The molecule has 0 amide bonds. The van der Waals surface area contributed by atoms with Crippen LogP contribution in [0.3, 0.4) is 0 Å². The molecular weight excluding hydrogens is 218 g/mol. The van der Waals surface area contributed by atoms with Gasteiger partial charge in [-0.2, -0.15) is 11.8 Å². The fourth-order valence-electron chi connectivity index (χ4n) is 1.49. The van der Waals surface area contributed by atoms with Crippen molar-refractivity contribution in [1.29, 1.82) is 0 Å². The largest absolute Gasteiger partial charge is 0.493 e. The van der Waals surface area contributed by atoms with E-state index in [2.05, 4.69) is 13.0 Å². The molecule has 0 aliphatic rings. The molecule has 0 aliphatic carbocycles. The highest BCUT2D eigenvalue weighted by molar-refractivity contribution is 7.99. The summed E-state index contributed by atoms with van der Waals surface area (Å²) in [7, 11) is 0. The third kappa shape index (κ3) is 4.90. The topological polar surface area (TPSA) is 35.2 Å². The van der Waals surface area contributed by atoms with Crippen molar-refractivity contribution in [2.45, 2.75) is 19.8 Å². The lowest BCUT2D eigenvalue weighted by Gasteiger charge is -2.10. The SMILES string of the molecule is CCSCCCOc1ccccc1CCN. The van der Waals surface area contributed by atoms with Gasteiger partial charge in [0, 0.05) is 0 Å². The van der Waals surface area contributed by atoms with Crippen LogP contribution < -0.4 is 10.5 Å². The Morgan fingerprint density at radius 1 is 1.31 bits per heavy atom. The highest BCUT2D eigenvalue weighted by Crippen LogP contribution is 2.18. The number of rotatable bonds is 8. The van der Waals surface area contributed by atoms with Crippen molar-refractivity contribution in [3.05, 3.63) is 29.8 Å². The van der Waals surface area contributed by atoms with Crippen LogP contribution in [0, 0.1) is 0 Å². The second kappa shape index (κ2) is 8.48. The maximum absolute atomic E-state index is 5.77. The summed E-state index contributed by atoms with van der Waals surface area (Å²) in [6.45, 7) is 3.66. The molecule has 2 nitrogen and oxygen atoms in total. The van der Waals surface area contributed by atoms with Crippen LogP contribution >= 0.6 is 11.8 Å². The van der Waals surface area contributed by atoms with Gasteiger partial charge in [0.2, 0.25) is 0 Å². The molecular formula is C13H21NOS. The zero-order valence-corrected chi connectivity index (χ0v) is 10.8. The van der Waals surface area contributed by atoms with Crippen LogP contribution in [0.4, 0.5) is 0 Å². The predicted molar refractivity (Wildman–Crippen MR) is 72.3 cm³/mol.